The van der Waals surface area contributed by atoms with Gasteiger partial charge >= 0.3 is 0 Å². The molecular weight excluding hydrogens is 396 g/mol. The van der Waals surface area contributed by atoms with Gasteiger partial charge in [-0.15, -0.1) is 0 Å². The maximum Gasteiger partial charge on any atom is 0.163 e. The van der Waals surface area contributed by atoms with Crippen molar-refractivity contribution in [1.82, 2.24) is 24.7 Å². The van der Waals surface area contributed by atoms with Gasteiger partial charge in [0.2, 0.25) is 0 Å². The molecule has 5 aromatic rings. The van der Waals surface area contributed by atoms with Crippen molar-refractivity contribution in [1.29, 1.82) is 0 Å². The minimum Gasteiger partial charge on any atom is -0.365 e. The van der Waals surface area contributed by atoms with Gasteiger partial charge in [0.25, 0.3) is 0 Å². The molecule has 158 valence electrons. The number of nitrogens with zero attached hydrogens (tertiary/aromatic N) is 5. The van der Waals surface area contributed by atoms with E-state index in [1.54, 1.807) is 12.4 Å². The van der Waals surface area contributed by atoms with Crippen molar-refractivity contribution in [3.63, 3.8) is 0 Å². The molecule has 6 heteroatoms. The van der Waals surface area contributed by atoms with Gasteiger partial charge in [0.05, 0.1) is 17.8 Å². The molecule has 3 aromatic heterocycles. The van der Waals surface area contributed by atoms with Crippen LogP contribution in [0.2, 0.25) is 0 Å². The fourth-order valence-electron chi connectivity index (χ4n) is 3.91. The third-order valence-electron chi connectivity index (χ3n) is 5.66. The van der Waals surface area contributed by atoms with Crippen LogP contribution in [-0.2, 0) is 13.1 Å². The Balaban J connectivity index is 1.45. The summed E-state index contributed by atoms with van der Waals surface area (Å²) in [4.78, 5) is 13.8. The van der Waals surface area contributed by atoms with Crippen molar-refractivity contribution < 1.29 is 0 Å². The Kier molecular flexibility index (Phi) is 5.34. The monoisotopic (exact) mass is 420 g/mol. The first-order valence-corrected chi connectivity index (χ1v) is 10.7. The second-order valence-corrected chi connectivity index (χ2v) is 7.80. The molecule has 0 unspecified atom stereocenters. The van der Waals surface area contributed by atoms with Crippen LogP contribution >= 0.6 is 0 Å². The van der Waals surface area contributed by atoms with Gasteiger partial charge in [-0.05, 0) is 43.7 Å². The first kappa shape index (κ1) is 19.9. The smallest absolute Gasteiger partial charge is 0.163 e. The second-order valence-electron chi connectivity index (χ2n) is 7.80. The molecule has 0 amide bonds. The molecule has 0 radical (unpaired) electrons. The Morgan fingerprint density at radius 3 is 2.50 bits per heavy atom. The van der Waals surface area contributed by atoms with Crippen molar-refractivity contribution >= 4 is 16.7 Å². The van der Waals surface area contributed by atoms with E-state index in [1.807, 2.05) is 42.5 Å². The highest BCUT2D eigenvalue weighted by Gasteiger charge is 2.14. The number of nitrogens with one attached hydrogen (secondary N) is 1. The minimum atomic E-state index is 0.639. The number of fused-ring (bicyclic) bond motifs is 1. The van der Waals surface area contributed by atoms with Gasteiger partial charge in [-0.2, -0.15) is 5.10 Å². The predicted octanol–water partition coefficient (Wildman–Crippen LogP) is 5.17. The van der Waals surface area contributed by atoms with Crippen molar-refractivity contribution in [2.75, 3.05) is 5.32 Å². The van der Waals surface area contributed by atoms with Crippen LogP contribution in [-0.4, -0.2) is 24.7 Å². The first-order valence-electron chi connectivity index (χ1n) is 10.7. The lowest BCUT2D eigenvalue weighted by atomic mass is 10.1. The highest BCUT2D eigenvalue weighted by Crippen LogP contribution is 2.25. The van der Waals surface area contributed by atoms with Gasteiger partial charge in [-0.1, -0.05) is 42.5 Å². The third kappa shape index (κ3) is 3.95. The maximum absolute atomic E-state index is 4.83. The van der Waals surface area contributed by atoms with Gasteiger partial charge in [0.1, 0.15) is 5.82 Å². The van der Waals surface area contributed by atoms with Crippen LogP contribution < -0.4 is 5.32 Å². The largest absolute Gasteiger partial charge is 0.365 e. The Morgan fingerprint density at radius 1 is 0.875 bits per heavy atom. The molecule has 6 nitrogen and oxygen atoms in total. The number of benzene rings is 2. The average molecular weight is 421 g/mol. The molecule has 0 aliphatic rings. The fourth-order valence-corrected chi connectivity index (χ4v) is 3.91. The van der Waals surface area contributed by atoms with E-state index in [0.717, 1.165) is 40.2 Å². The van der Waals surface area contributed by atoms with Crippen molar-refractivity contribution in [3.8, 4) is 11.4 Å². The molecule has 0 fully saturated rings. The Bertz CT molecular complexity index is 1360. The molecule has 32 heavy (non-hydrogen) atoms. The minimum absolute atomic E-state index is 0.639. The Hall–Kier alpha value is -4.06. The second kappa shape index (κ2) is 8.59. The van der Waals surface area contributed by atoms with Gasteiger partial charge in [-0.3, -0.25) is 9.67 Å². The molecule has 0 saturated heterocycles. The summed E-state index contributed by atoms with van der Waals surface area (Å²) in [6.45, 7) is 5.58. The van der Waals surface area contributed by atoms with E-state index in [2.05, 4.69) is 53.1 Å². The lowest BCUT2D eigenvalue weighted by molar-refractivity contribution is 0.658. The Labute approximate surface area is 187 Å². The molecule has 0 atom stereocenters. The molecule has 5 rings (SSSR count). The van der Waals surface area contributed by atoms with E-state index in [0.29, 0.717) is 12.4 Å². The van der Waals surface area contributed by atoms with E-state index >= 15 is 0 Å². The summed E-state index contributed by atoms with van der Waals surface area (Å²) in [7, 11) is 0. The number of hydrogen-bond donors (Lipinski definition) is 1. The summed E-state index contributed by atoms with van der Waals surface area (Å²) < 4.78 is 2.07. The molecule has 0 aliphatic heterocycles. The van der Waals surface area contributed by atoms with E-state index in [9.17, 15) is 0 Å². The predicted molar refractivity (Wildman–Crippen MR) is 127 cm³/mol. The van der Waals surface area contributed by atoms with Crippen LogP contribution in [0.1, 0.15) is 22.5 Å². The van der Waals surface area contributed by atoms with Crippen LogP contribution in [0.5, 0.6) is 0 Å². The number of aromatic nitrogens is 5. The first-order chi connectivity index (χ1) is 15.7. The fraction of sp³-hybridized carbons (Fsp3) is 0.154. The highest BCUT2D eigenvalue weighted by atomic mass is 15.3. The molecule has 0 saturated carbocycles. The zero-order chi connectivity index (χ0) is 21.9. The summed E-state index contributed by atoms with van der Waals surface area (Å²) in [5.41, 5.74) is 6.40. The standard InChI is InChI=1S/C26H24N6/c1-18-23(19(2)32(31-18)17-20-9-4-3-5-10-20)16-28-26-22-12-6-7-13-24(22)29-25(30-26)21-11-8-14-27-15-21/h3-15H,16-17H2,1-2H3,(H,28,29,30). The topological polar surface area (TPSA) is 68.5 Å². The summed E-state index contributed by atoms with van der Waals surface area (Å²) in [5.74, 6) is 1.47. The maximum atomic E-state index is 4.83. The summed E-state index contributed by atoms with van der Waals surface area (Å²) in [5, 5.41) is 9.32. The van der Waals surface area contributed by atoms with Gasteiger partial charge in [0, 0.05) is 41.1 Å². The van der Waals surface area contributed by atoms with Crippen molar-refractivity contribution in [2.24, 2.45) is 0 Å². The van der Waals surface area contributed by atoms with Crippen LogP contribution in [0.15, 0.2) is 79.1 Å². The number of rotatable bonds is 6. The zero-order valence-electron chi connectivity index (χ0n) is 18.2. The van der Waals surface area contributed by atoms with Crippen LogP contribution in [0.3, 0.4) is 0 Å². The summed E-state index contributed by atoms with van der Waals surface area (Å²) in [6, 6.07) is 22.3. The molecule has 3 heterocycles. The molecule has 0 aliphatic carbocycles. The third-order valence-corrected chi connectivity index (χ3v) is 5.66. The molecule has 0 bridgehead atoms. The lowest BCUT2D eigenvalue weighted by Crippen LogP contribution is -2.07. The molecule has 2 aromatic carbocycles. The van der Waals surface area contributed by atoms with E-state index in [-0.39, 0.29) is 0 Å². The van der Waals surface area contributed by atoms with Gasteiger partial charge in [-0.25, -0.2) is 9.97 Å². The number of aryl methyl sites for hydroxylation is 1. The Morgan fingerprint density at radius 2 is 1.69 bits per heavy atom. The van der Waals surface area contributed by atoms with E-state index in [1.165, 1.54) is 11.1 Å². The molecule has 1 N–H and O–H groups in total. The van der Waals surface area contributed by atoms with E-state index < -0.39 is 0 Å². The quantitative estimate of drug-likeness (QED) is 0.411. The SMILES string of the molecule is Cc1nn(Cc2ccccc2)c(C)c1CNc1nc(-c2cccnc2)nc2ccccc12. The highest BCUT2D eigenvalue weighted by molar-refractivity contribution is 5.90. The summed E-state index contributed by atoms with van der Waals surface area (Å²) >= 11 is 0. The molecular formula is C26H24N6. The zero-order valence-corrected chi connectivity index (χ0v) is 18.2. The number of hydrogen-bond acceptors (Lipinski definition) is 5. The van der Waals surface area contributed by atoms with Crippen LogP contribution in [0.4, 0.5) is 5.82 Å². The normalized spacial score (nSPS) is 11.1. The lowest BCUT2D eigenvalue weighted by Gasteiger charge is -2.11. The van der Waals surface area contributed by atoms with Crippen molar-refractivity contribution in [3.05, 3.63) is 102 Å². The van der Waals surface area contributed by atoms with Gasteiger partial charge in [0.15, 0.2) is 5.82 Å². The molecule has 0 spiro atoms. The van der Waals surface area contributed by atoms with Crippen molar-refractivity contribution in [2.45, 2.75) is 26.9 Å². The van der Waals surface area contributed by atoms with Crippen LogP contribution in [0.25, 0.3) is 22.3 Å². The number of para-hydroxylation sites is 1. The van der Waals surface area contributed by atoms with Crippen LogP contribution in [0, 0.1) is 13.8 Å². The van der Waals surface area contributed by atoms with E-state index in [4.69, 9.17) is 15.1 Å². The van der Waals surface area contributed by atoms with Gasteiger partial charge < -0.3 is 5.32 Å². The number of pyridine rings is 1. The number of anilines is 1. The summed E-state index contributed by atoms with van der Waals surface area (Å²) in [6.07, 6.45) is 3.54. The average Bonchev–Trinajstić information content (AvgIpc) is 3.10.